The van der Waals surface area contributed by atoms with Gasteiger partial charge in [0.15, 0.2) is 0 Å². The fourth-order valence-corrected chi connectivity index (χ4v) is 1.87. The van der Waals surface area contributed by atoms with Crippen LogP contribution in [0.1, 0.15) is 90.9 Å². The number of carboxylic acid groups (broad SMARTS) is 2. The summed E-state index contributed by atoms with van der Waals surface area (Å²) >= 11 is 0. The van der Waals surface area contributed by atoms with E-state index in [9.17, 15) is 19.8 Å². The van der Waals surface area contributed by atoms with E-state index >= 15 is 0 Å². The number of hydrogen-bond acceptors (Lipinski definition) is 4. The van der Waals surface area contributed by atoms with E-state index in [4.69, 9.17) is 0 Å². The maximum atomic E-state index is 10.0. The third-order valence-corrected chi connectivity index (χ3v) is 3.25. The molecule has 0 saturated carbocycles. The average Bonchev–Trinajstić information content (AvgIpc) is 2.53. The van der Waals surface area contributed by atoms with Crippen LogP contribution in [0.4, 0.5) is 0 Å². The summed E-state index contributed by atoms with van der Waals surface area (Å²) in [6.07, 6.45) is 18.9. The van der Waals surface area contributed by atoms with Gasteiger partial charge in [-0.15, -0.1) is 0 Å². The number of allylic oxidation sites excluding steroid dienone is 4. The number of unbranched alkanes of at least 4 members (excludes halogenated alkanes) is 6. The molecule has 25 heavy (non-hydrogen) atoms. The van der Waals surface area contributed by atoms with Crippen molar-refractivity contribution in [1.82, 2.24) is 0 Å². The van der Waals surface area contributed by atoms with Crippen LogP contribution in [0.25, 0.3) is 0 Å². The molecule has 0 aromatic carbocycles. The molecule has 0 aromatic heterocycles. The van der Waals surface area contributed by atoms with Gasteiger partial charge in [0.25, 0.3) is 0 Å². The van der Waals surface area contributed by atoms with Gasteiger partial charge in [0.1, 0.15) is 0 Å². The molecule has 4 nitrogen and oxygen atoms in total. The Kier molecular flexibility index (Phi) is 29.2. The molecule has 0 spiro atoms. The van der Waals surface area contributed by atoms with Crippen molar-refractivity contribution in [3.05, 3.63) is 24.3 Å². The molecular weight excluding hydrogens is 370 g/mol. The molecule has 0 fully saturated rings. The molecule has 0 amide bonds. The van der Waals surface area contributed by atoms with Gasteiger partial charge in [0.05, 0.1) is 0 Å². The smallest absolute Gasteiger partial charge is 0.550 e. The van der Waals surface area contributed by atoms with E-state index in [1.54, 1.807) is 0 Å². The predicted molar refractivity (Wildman–Crippen MR) is 95.0 cm³/mol. The number of carbonyl (C=O) groups is 2. The van der Waals surface area contributed by atoms with Crippen molar-refractivity contribution < 1.29 is 39.3 Å². The Hall–Kier alpha value is -0.957. The van der Waals surface area contributed by atoms with Crippen LogP contribution in [0.5, 0.6) is 0 Å². The monoisotopic (exact) mass is 402 g/mol. The van der Waals surface area contributed by atoms with Gasteiger partial charge < -0.3 is 19.8 Å². The van der Waals surface area contributed by atoms with E-state index in [0.29, 0.717) is 0 Å². The molecular formula is C20H34O4Zn. The van der Waals surface area contributed by atoms with Gasteiger partial charge >= 0.3 is 19.5 Å². The van der Waals surface area contributed by atoms with E-state index in [1.807, 2.05) is 0 Å². The first-order chi connectivity index (χ1) is 11.5. The van der Waals surface area contributed by atoms with Crippen LogP contribution in [-0.2, 0) is 29.1 Å². The molecule has 0 aliphatic heterocycles. The average molecular weight is 404 g/mol. The van der Waals surface area contributed by atoms with E-state index in [-0.39, 0.29) is 32.3 Å². The minimum Gasteiger partial charge on any atom is -0.550 e. The molecule has 0 atom stereocenters. The predicted octanol–water partition coefficient (Wildman–Crippen LogP) is 3.30. The molecule has 0 unspecified atom stereocenters. The van der Waals surface area contributed by atoms with Crippen LogP contribution in [-0.4, -0.2) is 11.9 Å². The minimum absolute atomic E-state index is 0. The summed E-state index contributed by atoms with van der Waals surface area (Å²) in [5.74, 6) is -1.87. The van der Waals surface area contributed by atoms with E-state index in [1.165, 1.54) is 12.8 Å². The molecule has 5 heteroatoms. The van der Waals surface area contributed by atoms with Crippen LogP contribution in [0.15, 0.2) is 24.3 Å². The number of aliphatic carboxylic acids is 2. The fourth-order valence-electron chi connectivity index (χ4n) is 1.87. The molecule has 0 N–H and O–H groups in total. The van der Waals surface area contributed by atoms with Gasteiger partial charge in [-0.2, -0.15) is 0 Å². The Balaban J connectivity index is -0.000000372. The summed E-state index contributed by atoms with van der Waals surface area (Å²) in [5.41, 5.74) is 0. The normalized spacial score (nSPS) is 10.3. The minimum atomic E-state index is -0.937. The van der Waals surface area contributed by atoms with Crippen LogP contribution < -0.4 is 10.2 Å². The third kappa shape index (κ3) is 35.1. The molecule has 0 aliphatic rings. The second kappa shape index (κ2) is 25.3. The van der Waals surface area contributed by atoms with Crippen LogP contribution >= 0.6 is 0 Å². The Morgan fingerprint density at radius 3 is 1.24 bits per heavy atom. The largest absolute Gasteiger partial charge is 2.00 e. The van der Waals surface area contributed by atoms with Gasteiger partial charge in [0.2, 0.25) is 0 Å². The first-order valence-electron chi connectivity index (χ1n) is 9.24. The maximum Gasteiger partial charge on any atom is 2.00 e. The summed E-state index contributed by atoms with van der Waals surface area (Å²) in [6.45, 7) is 4.28. The topological polar surface area (TPSA) is 80.3 Å². The number of carboxylic acids is 2. The molecule has 140 valence electrons. The molecule has 0 saturated heterocycles. The van der Waals surface area contributed by atoms with E-state index in [0.717, 1.165) is 51.4 Å². The third-order valence-electron chi connectivity index (χ3n) is 3.25. The van der Waals surface area contributed by atoms with E-state index in [2.05, 4.69) is 38.2 Å². The van der Waals surface area contributed by atoms with Crippen molar-refractivity contribution in [2.24, 2.45) is 0 Å². The summed E-state index contributed by atoms with van der Waals surface area (Å²) in [5, 5.41) is 20.0. The van der Waals surface area contributed by atoms with Crippen molar-refractivity contribution >= 4 is 11.9 Å². The molecule has 0 aliphatic carbocycles. The number of carbonyl (C=O) groups excluding carboxylic acids is 2. The Labute approximate surface area is 166 Å². The van der Waals surface area contributed by atoms with Gasteiger partial charge in [-0.25, -0.2) is 0 Å². The number of rotatable bonds is 14. The van der Waals surface area contributed by atoms with Crippen molar-refractivity contribution in [3.63, 3.8) is 0 Å². The Morgan fingerprint density at radius 1 is 0.640 bits per heavy atom. The second-order valence-corrected chi connectivity index (χ2v) is 5.76. The molecule has 0 heterocycles. The fraction of sp³-hybridized carbons (Fsp3) is 0.700. The van der Waals surface area contributed by atoms with Gasteiger partial charge in [-0.05, 0) is 64.2 Å². The van der Waals surface area contributed by atoms with Crippen LogP contribution in [0.3, 0.4) is 0 Å². The molecule has 0 radical (unpaired) electrons. The zero-order chi connectivity index (χ0) is 18.5. The first kappa shape index (κ1) is 28.8. The Bertz CT molecular complexity index is 318. The van der Waals surface area contributed by atoms with Crippen LogP contribution in [0.2, 0.25) is 0 Å². The quantitative estimate of drug-likeness (QED) is 0.253. The summed E-state index contributed by atoms with van der Waals surface area (Å²) in [7, 11) is 0. The second-order valence-electron chi connectivity index (χ2n) is 5.76. The molecule has 0 bridgehead atoms. The van der Waals surface area contributed by atoms with Gasteiger partial charge in [-0.1, -0.05) is 51.0 Å². The standard InChI is InChI=1S/2C10H18O2.Zn/c2*1-2-3-4-5-6-7-8-9-10(11)12;/h2*4-5H,2-3,6-9H2,1H3,(H,11,12);/q;;+2/p-2. The van der Waals surface area contributed by atoms with Crippen molar-refractivity contribution in [2.75, 3.05) is 0 Å². The summed E-state index contributed by atoms with van der Waals surface area (Å²) in [4.78, 5) is 20.0. The van der Waals surface area contributed by atoms with Crippen LogP contribution in [0, 0.1) is 0 Å². The zero-order valence-corrected chi connectivity index (χ0v) is 19.1. The molecule has 0 aromatic rings. The molecule has 0 rings (SSSR count). The Morgan fingerprint density at radius 2 is 0.960 bits per heavy atom. The van der Waals surface area contributed by atoms with Crippen molar-refractivity contribution in [3.8, 4) is 0 Å². The zero-order valence-electron chi connectivity index (χ0n) is 16.1. The van der Waals surface area contributed by atoms with E-state index < -0.39 is 11.9 Å². The summed E-state index contributed by atoms with van der Waals surface area (Å²) < 4.78 is 0. The first-order valence-corrected chi connectivity index (χ1v) is 9.24. The van der Waals surface area contributed by atoms with Crippen molar-refractivity contribution in [1.29, 1.82) is 0 Å². The van der Waals surface area contributed by atoms with Crippen molar-refractivity contribution in [2.45, 2.75) is 90.9 Å². The summed E-state index contributed by atoms with van der Waals surface area (Å²) in [6, 6.07) is 0. The van der Waals surface area contributed by atoms with Gasteiger partial charge in [0, 0.05) is 11.9 Å². The SMILES string of the molecule is CCCC=CCCCCC(=O)[O-].CCCC=CCCCCC(=O)[O-].[Zn+2]. The van der Waals surface area contributed by atoms with Gasteiger partial charge in [-0.3, -0.25) is 0 Å². The maximum absolute atomic E-state index is 10.0. The number of hydrogen-bond donors (Lipinski definition) is 0.